The molecule has 4 nitrogen and oxygen atoms in total. The van der Waals surface area contributed by atoms with Crippen molar-refractivity contribution in [3.63, 3.8) is 0 Å². The van der Waals surface area contributed by atoms with Crippen LogP contribution < -0.4 is 15.4 Å². The summed E-state index contributed by atoms with van der Waals surface area (Å²) in [6, 6.07) is 6.10. The van der Waals surface area contributed by atoms with E-state index in [0.29, 0.717) is 25.5 Å². The molecular formula is C17H26N2O2. The highest BCUT2D eigenvalue weighted by Gasteiger charge is 2.15. The van der Waals surface area contributed by atoms with Gasteiger partial charge in [0.1, 0.15) is 12.4 Å². The molecule has 1 heterocycles. The molecule has 1 fully saturated rings. The highest BCUT2D eigenvalue weighted by Crippen LogP contribution is 2.21. The molecule has 0 radical (unpaired) electrons. The molecule has 2 N–H and O–H groups in total. The van der Waals surface area contributed by atoms with Gasteiger partial charge in [-0.15, -0.1) is 0 Å². The van der Waals surface area contributed by atoms with Gasteiger partial charge in [-0.25, -0.2) is 0 Å². The summed E-state index contributed by atoms with van der Waals surface area (Å²) >= 11 is 0. The molecule has 0 aliphatic carbocycles. The van der Waals surface area contributed by atoms with Crippen LogP contribution in [0.5, 0.6) is 5.75 Å². The summed E-state index contributed by atoms with van der Waals surface area (Å²) in [5.41, 5.74) is 2.27. The monoisotopic (exact) mass is 290 g/mol. The van der Waals surface area contributed by atoms with Gasteiger partial charge in [-0.05, 0) is 56.8 Å². The third kappa shape index (κ3) is 5.05. The fourth-order valence-corrected chi connectivity index (χ4v) is 2.75. The Morgan fingerprint density at radius 3 is 2.81 bits per heavy atom. The van der Waals surface area contributed by atoms with E-state index < -0.39 is 0 Å². The Morgan fingerprint density at radius 1 is 1.38 bits per heavy atom. The Labute approximate surface area is 127 Å². The third-order valence-corrected chi connectivity index (χ3v) is 4.02. The number of hydrogen-bond donors (Lipinski definition) is 2. The molecule has 1 aliphatic heterocycles. The van der Waals surface area contributed by atoms with E-state index in [2.05, 4.69) is 10.6 Å². The molecule has 1 aliphatic rings. The van der Waals surface area contributed by atoms with Crippen LogP contribution in [0, 0.1) is 19.8 Å². The molecule has 0 saturated carbocycles. The molecule has 1 amide bonds. The molecule has 1 atom stereocenters. The van der Waals surface area contributed by atoms with E-state index >= 15 is 0 Å². The first kappa shape index (κ1) is 15.8. The summed E-state index contributed by atoms with van der Waals surface area (Å²) in [6.07, 6.45) is 2.80. The highest BCUT2D eigenvalue weighted by molar-refractivity contribution is 5.75. The summed E-state index contributed by atoms with van der Waals surface area (Å²) in [7, 11) is 0. The number of rotatable bonds is 7. The maximum Gasteiger partial charge on any atom is 0.220 e. The second-order valence-corrected chi connectivity index (χ2v) is 5.82. The van der Waals surface area contributed by atoms with E-state index in [1.807, 2.05) is 32.0 Å². The number of ether oxygens (including phenoxy) is 1. The lowest BCUT2D eigenvalue weighted by atomic mass is 10.0. The number of carbonyl (C=O) groups is 1. The molecule has 4 heteroatoms. The first-order valence-electron chi connectivity index (χ1n) is 7.83. The lowest BCUT2D eigenvalue weighted by Gasteiger charge is -2.12. The summed E-state index contributed by atoms with van der Waals surface area (Å²) < 4.78 is 5.77. The first-order valence-corrected chi connectivity index (χ1v) is 7.83. The van der Waals surface area contributed by atoms with Crippen LogP contribution in [0.15, 0.2) is 18.2 Å². The predicted molar refractivity (Wildman–Crippen MR) is 84.6 cm³/mol. The lowest BCUT2D eigenvalue weighted by molar-refractivity contribution is -0.121. The highest BCUT2D eigenvalue weighted by atomic mass is 16.5. The molecule has 0 bridgehead atoms. The van der Waals surface area contributed by atoms with Crippen molar-refractivity contribution in [1.82, 2.24) is 10.6 Å². The third-order valence-electron chi connectivity index (χ3n) is 4.02. The van der Waals surface area contributed by atoms with Crippen molar-refractivity contribution < 1.29 is 9.53 Å². The topological polar surface area (TPSA) is 50.4 Å². The fourth-order valence-electron chi connectivity index (χ4n) is 2.75. The summed E-state index contributed by atoms with van der Waals surface area (Å²) in [5.74, 6) is 1.73. The Hall–Kier alpha value is -1.55. The van der Waals surface area contributed by atoms with E-state index in [1.165, 1.54) is 6.42 Å². The van der Waals surface area contributed by atoms with Crippen molar-refractivity contribution in [2.45, 2.75) is 33.1 Å². The number of hydrogen-bond acceptors (Lipinski definition) is 3. The molecule has 0 spiro atoms. The number of aryl methyl sites for hydroxylation is 2. The van der Waals surface area contributed by atoms with Gasteiger partial charge in [0.2, 0.25) is 5.91 Å². The zero-order chi connectivity index (χ0) is 15.1. The van der Waals surface area contributed by atoms with Crippen molar-refractivity contribution in [1.29, 1.82) is 0 Å². The van der Waals surface area contributed by atoms with E-state index in [-0.39, 0.29) is 5.91 Å². The summed E-state index contributed by atoms with van der Waals surface area (Å²) in [5, 5.41) is 6.26. The predicted octanol–water partition coefficient (Wildman–Crippen LogP) is 2.19. The van der Waals surface area contributed by atoms with E-state index in [0.717, 1.165) is 36.4 Å². The quantitative estimate of drug-likeness (QED) is 0.757. The van der Waals surface area contributed by atoms with Crippen LogP contribution in [-0.4, -0.2) is 32.1 Å². The minimum atomic E-state index is 0.131. The van der Waals surface area contributed by atoms with E-state index in [9.17, 15) is 4.79 Å². The molecule has 21 heavy (non-hydrogen) atoms. The number of benzene rings is 1. The number of nitrogens with one attached hydrogen (secondary N) is 2. The van der Waals surface area contributed by atoms with Crippen LogP contribution in [-0.2, 0) is 4.79 Å². The largest absolute Gasteiger partial charge is 0.491 e. The van der Waals surface area contributed by atoms with Gasteiger partial charge < -0.3 is 15.4 Å². The van der Waals surface area contributed by atoms with Gasteiger partial charge in [-0.1, -0.05) is 18.2 Å². The van der Waals surface area contributed by atoms with Crippen molar-refractivity contribution in [2.75, 3.05) is 26.2 Å². The number of carbonyl (C=O) groups excluding carboxylic acids is 1. The minimum absolute atomic E-state index is 0.131. The Bertz CT molecular complexity index is 448. The zero-order valence-corrected chi connectivity index (χ0v) is 13.1. The zero-order valence-electron chi connectivity index (χ0n) is 13.1. The average Bonchev–Trinajstić information content (AvgIpc) is 2.97. The molecule has 2 rings (SSSR count). The van der Waals surface area contributed by atoms with Crippen LogP contribution in [0.3, 0.4) is 0 Å². The Kier molecular flexibility index (Phi) is 6.05. The molecule has 1 saturated heterocycles. The molecule has 1 aromatic rings. The molecule has 1 aromatic carbocycles. The summed E-state index contributed by atoms with van der Waals surface area (Å²) in [4.78, 5) is 11.8. The minimum Gasteiger partial charge on any atom is -0.491 e. The van der Waals surface area contributed by atoms with Gasteiger partial charge in [0.25, 0.3) is 0 Å². The Balaban J connectivity index is 1.61. The van der Waals surface area contributed by atoms with Crippen molar-refractivity contribution in [3.8, 4) is 5.75 Å². The van der Waals surface area contributed by atoms with Gasteiger partial charge in [-0.2, -0.15) is 0 Å². The van der Waals surface area contributed by atoms with Crippen molar-refractivity contribution in [3.05, 3.63) is 29.3 Å². The standard InChI is InChI=1S/C17H26N2O2/c1-13-4-3-5-14(2)17(13)21-11-10-19-16(20)7-6-15-8-9-18-12-15/h3-5,15,18H,6-12H2,1-2H3,(H,19,20). The molecule has 1 unspecified atom stereocenters. The van der Waals surface area contributed by atoms with E-state index in [1.54, 1.807) is 0 Å². The van der Waals surface area contributed by atoms with Gasteiger partial charge in [0.05, 0.1) is 6.54 Å². The van der Waals surface area contributed by atoms with Crippen LogP contribution in [0.25, 0.3) is 0 Å². The SMILES string of the molecule is Cc1cccc(C)c1OCCNC(=O)CCC1CCNC1. The second kappa shape index (κ2) is 8.03. The molecule has 0 aromatic heterocycles. The van der Waals surface area contributed by atoms with Gasteiger partial charge in [0, 0.05) is 6.42 Å². The number of amides is 1. The molecular weight excluding hydrogens is 264 g/mol. The van der Waals surface area contributed by atoms with Gasteiger partial charge in [0.15, 0.2) is 0 Å². The lowest BCUT2D eigenvalue weighted by Crippen LogP contribution is -2.28. The first-order chi connectivity index (χ1) is 10.2. The van der Waals surface area contributed by atoms with Gasteiger partial charge >= 0.3 is 0 Å². The summed E-state index contributed by atoms with van der Waals surface area (Å²) in [6.45, 7) is 7.31. The average molecular weight is 290 g/mol. The number of para-hydroxylation sites is 1. The van der Waals surface area contributed by atoms with Crippen LogP contribution >= 0.6 is 0 Å². The normalized spacial score (nSPS) is 17.7. The van der Waals surface area contributed by atoms with Crippen molar-refractivity contribution in [2.24, 2.45) is 5.92 Å². The molecule has 116 valence electrons. The second-order valence-electron chi connectivity index (χ2n) is 5.82. The smallest absolute Gasteiger partial charge is 0.220 e. The fraction of sp³-hybridized carbons (Fsp3) is 0.588. The van der Waals surface area contributed by atoms with Gasteiger partial charge in [-0.3, -0.25) is 4.79 Å². The van der Waals surface area contributed by atoms with Crippen LogP contribution in [0.1, 0.15) is 30.4 Å². The van der Waals surface area contributed by atoms with Crippen LogP contribution in [0.2, 0.25) is 0 Å². The van der Waals surface area contributed by atoms with E-state index in [4.69, 9.17) is 4.74 Å². The maximum atomic E-state index is 11.8. The van der Waals surface area contributed by atoms with Crippen LogP contribution in [0.4, 0.5) is 0 Å². The Morgan fingerprint density at radius 2 is 2.14 bits per heavy atom. The maximum absolute atomic E-state index is 11.8. The van der Waals surface area contributed by atoms with Crippen molar-refractivity contribution >= 4 is 5.91 Å².